The van der Waals surface area contributed by atoms with E-state index in [0.717, 1.165) is 12.8 Å². The first-order chi connectivity index (χ1) is 5.43. The van der Waals surface area contributed by atoms with E-state index in [1.807, 2.05) is 0 Å². The van der Waals surface area contributed by atoms with Crippen molar-refractivity contribution in [3.63, 3.8) is 0 Å². The maximum Gasteiger partial charge on any atom is 0.215 e. The van der Waals surface area contributed by atoms with E-state index in [1.54, 1.807) is 6.92 Å². The normalized spacial score (nSPS) is 20.4. The van der Waals surface area contributed by atoms with Gasteiger partial charge in [0.05, 0.1) is 16.3 Å². The van der Waals surface area contributed by atoms with E-state index < -0.39 is 16.1 Å². The summed E-state index contributed by atoms with van der Waals surface area (Å²) in [4.78, 5) is 0.180. The molecule has 1 fully saturated rings. The van der Waals surface area contributed by atoms with E-state index in [0.29, 0.717) is 0 Å². The van der Waals surface area contributed by atoms with Gasteiger partial charge >= 0.3 is 0 Å². The Morgan fingerprint density at radius 1 is 1.67 bits per heavy atom. The Labute approximate surface area is 77.6 Å². The van der Waals surface area contributed by atoms with E-state index in [2.05, 4.69) is 16.9 Å². The van der Waals surface area contributed by atoms with Crippen LogP contribution < -0.4 is 10.5 Å². The van der Waals surface area contributed by atoms with Crippen LogP contribution in [0.4, 0.5) is 0 Å². The quantitative estimate of drug-likeness (QED) is 0.625. The fourth-order valence-corrected chi connectivity index (χ4v) is 2.48. The summed E-state index contributed by atoms with van der Waals surface area (Å²) in [6, 6.07) is -0.439. The molecule has 1 atom stereocenters. The summed E-state index contributed by atoms with van der Waals surface area (Å²) in [7, 11) is -3.15. The highest BCUT2D eigenvalue weighted by Crippen LogP contribution is 2.27. The van der Waals surface area contributed by atoms with Crippen LogP contribution in [0.2, 0.25) is 0 Å². The zero-order valence-corrected chi connectivity index (χ0v) is 8.41. The molecule has 1 saturated carbocycles. The zero-order chi connectivity index (χ0) is 9.35. The van der Waals surface area contributed by atoms with Crippen molar-refractivity contribution in [1.82, 2.24) is 4.72 Å². The van der Waals surface area contributed by atoms with Gasteiger partial charge in [-0.15, -0.1) is 0 Å². The monoisotopic (exact) mass is 208 g/mol. The fourth-order valence-electron chi connectivity index (χ4n) is 0.779. The maximum absolute atomic E-state index is 11.3. The van der Waals surface area contributed by atoms with Crippen molar-refractivity contribution in [2.75, 3.05) is 0 Å². The van der Waals surface area contributed by atoms with Crippen LogP contribution in [0.15, 0.2) is 0 Å². The molecule has 0 aliphatic heterocycles. The molecule has 0 aromatic rings. The van der Waals surface area contributed by atoms with Gasteiger partial charge in [-0.3, -0.25) is 0 Å². The molecule has 1 unspecified atom stereocenters. The Hall–Kier alpha value is -0.200. The van der Waals surface area contributed by atoms with E-state index >= 15 is 0 Å². The lowest BCUT2D eigenvalue weighted by atomic mass is 10.4. The summed E-state index contributed by atoms with van der Waals surface area (Å²) >= 11 is 4.64. The highest BCUT2D eigenvalue weighted by molar-refractivity contribution is 7.90. The summed E-state index contributed by atoms with van der Waals surface area (Å²) in [5.74, 6) is 0. The molecular weight excluding hydrogens is 196 g/mol. The third-order valence-electron chi connectivity index (χ3n) is 1.73. The lowest BCUT2D eigenvalue weighted by Crippen LogP contribution is -2.42. The molecule has 0 aromatic heterocycles. The molecule has 12 heavy (non-hydrogen) atoms. The first kappa shape index (κ1) is 9.88. The molecule has 70 valence electrons. The van der Waals surface area contributed by atoms with Gasteiger partial charge in [-0.25, -0.2) is 13.1 Å². The number of nitrogens with one attached hydrogen (secondary N) is 1. The van der Waals surface area contributed by atoms with Gasteiger partial charge in [0.15, 0.2) is 0 Å². The molecule has 1 aliphatic carbocycles. The van der Waals surface area contributed by atoms with E-state index in [9.17, 15) is 8.42 Å². The van der Waals surface area contributed by atoms with Crippen LogP contribution in [0.1, 0.15) is 19.8 Å². The predicted octanol–water partition coefficient (Wildman–Crippen LogP) is -0.257. The van der Waals surface area contributed by atoms with Crippen molar-refractivity contribution in [3.05, 3.63) is 0 Å². The van der Waals surface area contributed by atoms with E-state index in [1.165, 1.54) is 0 Å². The van der Waals surface area contributed by atoms with Crippen LogP contribution in [0.3, 0.4) is 0 Å². The number of nitrogens with two attached hydrogens (primary N) is 1. The number of hydrogen-bond acceptors (Lipinski definition) is 3. The molecule has 0 radical (unpaired) electrons. The SMILES string of the molecule is CC(NS(=O)(=O)C1CC1)C(N)=S. The second-order valence-corrected chi connectivity index (χ2v) is 5.45. The van der Waals surface area contributed by atoms with Crippen LogP contribution >= 0.6 is 12.2 Å². The minimum atomic E-state index is -3.15. The van der Waals surface area contributed by atoms with E-state index in [4.69, 9.17) is 5.73 Å². The molecule has 0 bridgehead atoms. The third-order valence-corrected chi connectivity index (χ3v) is 4.12. The summed E-state index contributed by atoms with van der Waals surface area (Å²) < 4.78 is 25.0. The van der Waals surface area contributed by atoms with Gasteiger partial charge in [-0.05, 0) is 19.8 Å². The van der Waals surface area contributed by atoms with E-state index in [-0.39, 0.29) is 10.2 Å². The molecule has 0 saturated heterocycles. The first-order valence-electron chi connectivity index (χ1n) is 3.74. The Bertz CT molecular complexity index is 282. The van der Waals surface area contributed by atoms with Crippen molar-refractivity contribution in [1.29, 1.82) is 0 Å². The molecule has 1 rings (SSSR count). The van der Waals surface area contributed by atoms with Crippen LogP contribution in [-0.4, -0.2) is 24.7 Å². The van der Waals surface area contributed by atoms with Crippen LogP contribution in [-0.2, 0) is 10.0 Å². The van der Waals surface area contributed by atoms with Crippen molar-refractivity contribution < 1.29 is 8.42 Å². The lowest BCUT2D eigenvalue weighted by Gasteiger charge is -2.11. The Kier molecular flexibility index (Phi) is 2.70. The minimum absolute atomic E-state index is 0.180. The van der Waals surface area contributed by atoms with Gasteiger partial charge in [0, 0.05) is 0 Å². The molecule has 0 heterocycles. The van der Waals surface area contributed by atoms with Crippen LogP contribution in [0, 0.1) is 0 Å². The second-order valence-electron chi connectivity index (χ2n) is 2.99. The molecule has 1 aliphatic rings. The molecule has 3 N–H and O–H groups in total. The average molecular weight is 208 g/mol. The van der Waals surface area contributed by atoms with Gasteiger partial charge in [0.2, 0.25) is 10.0 Å². The average Bonchev–Trinajstić information content (AvgIpc) is 2.65. The lowest BCUT2D eigenvalue weighted by molar-refractivity contribution is 0.577. The molecule has 6 heteroatoms. The molecule has 4 nitrogen and oxygen atoms in total. The summed E-state index contributed by atoms with van der Waals surface area (Å²) in [5.41, 5.74) is 5.27. The minimum Gasteiger partial charge on any atom is -0.392 e. The maximum atomic E-state index is 11.3. The Morgan fingerprint density at radius 2 is 2.17 bits per heavy atom. The molecule has 0 aromatic carbocycles. The zero-order valence-electron chi connectivity index (χ0n) is 6.78. The highest BCUT2D eigenvalue weighted by atomic mass is 32.2. The van der Waals surface area contributed by atoms with Gasteiger partial charge in [0.25, 0.3) is 0 Å². The van der Waals surface area contributed by atoms with Crippen molar-refractivity contribution >= 4 is 27.2 Å². The summed E-state index contributed by atoms with van der Waals surface area (Å²) in [6.45, 7) is 1.64. The van der Waals surface area contributed by atoms with Crippen LogP contribution in [0.5, 0.6) is 0 Å². The number of rotatable bonds is 4. The van der Waals surface area contributed by atoms with Crippen molar-refractivity contribution in [2.24, 2.45) is 5.73 Å². The number of sulfonamides is 1. The standard InChI is InChI=1S/C6H12N2O2S2/c1-4(6(7)11)8-12(9,10)5-2-3-5/h4-5,8H,2-3H2,1H3,(H2,7,11). The summed E-state index contributed by atoms with van der Waals surface area (Å²) in [6.07, 6.45) is 1.50. The predicted molar refractivity (Wildman–Crippen MR) is 51.3 cm³/mol. The van der Waals surface area contributed by atoms with Gasteiger partial charge in [-0.2, -0.15) is 0 Å². The molecule has 0 spiro atoms. The van der Waals surface area contributed by atoms with Gasteiger partial charge < -0.3 is 5.73 Å². The molecular formula is C6H12N2O2S2. The van der Waals surface area contributed by atoms with Gasteiger partial charge in [-0.1, -0.05) is 12.2 Å². The van der Waals surface area contributed by atoms with Crippen molar-refractivity contribution in [3.8, 4) is 0 Å². The fraction of sp³-hybridized carbons (Fsp3) is 0.833. The number of thiocarbonyl (C=S) groups is 1. The molecule has 0 amide bonds. The largest absolute Gasteiger partial charge is 0.392 e. The topological polar surface area (TPSA) is 72.2 Å². The van der Waals surface area contributed by atoms with Crippen molar-refractivity contribution in [2.45, 2.75) is 31.1 Å². The second kappa shape index (κ2) is 3.27. The third kappa shape index (κ3) is 2.40. The van der Waals surface area contributed by atoms with Crippen LogP contribution in [0.25, 0.3) is 0 Å². The number of hydrogen-bond donors (Lipinski definition) is 2. The first-order valence-corrected chi connectivity index (χ1v) is 5.69. The highest BCUT2D eigenvalue weighted by Gasteiger charge is 2.36. The summed E-state index contributed by atoms with van der Waals surface area (Å²) in [5, 5.41) is -0.214. The Morgan fingerprint density at radius 3 is 2.50 bits per heavy atom. The Balaban J connectivity index is 2.55. The van der Waals surface area contributed by atoms with Gasteiger partial charge in [0.1, 0.15) is 0 Å². The smallest absolute Gasteiger partial charge is 0.215 e.